The monoisotopic (exact) mass is 409 g/mol. The number of benzene rings is 1. The molecule has 3 aliphatic rings. The number of nitrogens with zero attached hydrogens (tertiary/aromatic N) is 2. The molecule has 8 heteroatoms. The van der Waals surface area contributed by atoms with Gasteiger partial charge >= 0.3 is 0 Å². The van der Waals surface area contributed by atoms with Gasteiger partial charge in [0.15, 0.2) is 11.5 Å². The van der Waals surface area contributed by atoms with Crippen molar-refractivity contribution in [1.29, 1.82) is 0 Å². The second-order valence-electron chi connectivity index (χ2n) is 7.61. The third-order valence-corrected chi connectivity index (χ3v) is 5.78. The number of hydrogen-bond acceptors (Lipinski definition) is 5. The first-order valence-electron chi connectivity index (χ1n) is 9.83. The van der Waals surface area contributed by atoms with E-state index in [0.29, 0.717) is 44.2 Å². The van der Waals surface area contributed by atoms with Crippen LogP contribution in [0.3, 0.4) is 0 Å². The van der Waals surface area contributed by atoms with Crippen LogP contribution in [-0.2, 0) is 9.59 Å². The molecular formula is C20H28ClN3O4. The van der Waals surface area contributed by atoms with Crippen molar-refractivity contribution in [1.82, 2.24) is 4.90 Å². The molecule has 0 radical (unpaired) electrons. The maximum absolute atomic E-state index is 13.1. The van der Waals surface area contributed by atoms with Crippen LogP contribution < -0.4 is 20.1 Å². The van der Waals surface area contributed by atoms with Crippen LogP contribution in [0, 0.1) is 5.92 Å². The minimum absolute atomic E-state index is 0. The van der Waals surface area contributed by atoms with Crippen molar-refractivity contribution >= 4 is 29.9 Å². The molecule has 0 aromatic heterocycles. The molecule has 1 aromatic carbocycles. The van der Waals surface area contributed by atoms with Crippen molar-refractivity contribution < 1.29 is 19.1 Å². The van der Waals surface area contributed by atoms with Crippen LogP contribution in [0.5, 0.6) is 11.5 Å². The predicted octanol–water partition coefficient (Wildman–Crippen LogP) is 1.96. The van der Waals surface area contributed by atoms with Gasteiger partial charge in [0, 0.05) is 36.9 Å². The summed E-state index contributed by atoms with van der Waals surface area (Å²) < 4.78 is 11.2. The Kier molecular flexibility index (Phi) is 6.35. The minimum atomic E-state index is -0.613. The molecule has 4 rings (SSSR count). The highest BCUT2D eigenvalue weighted by atomic mass is 35.5. The third kappa shape index (κ3) is 3.78. The molecule has 0 saturated carbocycles. The van der Waals surface area contributed by atoms with Crippen LogP contribution in [0.1, 0.15) is 32.6 Å². The van der Waals surface area contributed by atoms with E-state index in [1.54, 1.807) is 4.90 Å². The first kappa shape index (κ1) is 20.7. The predicted molar refractivity (Wildman–Crippen MR) is 108 cm³/mol. The maximum atomic E-state index is 13.1. The van der Waals surface area contributed by atoms with Crippen molar-refractivity contribution in [2.24, 2.45) is 11.7 Å². The van der Waals surface area contributed by atoms with Gasteiger partial charge in [0.25, 0.3) is 0 Å². The summed E-state index contributed by atoms with van der Waals surface area (Å²) in [5, 5.41) is 0. The van der Waals surface area contributed by atoms with E-state index in [0.717, 1.165) is 24.9 Å². The molecule has 3 unspecified atom stereocenters. The highest BCUT2D eigenvalue weighted by Gasteiger charge is 2.42. The molecule has 0 aliphatic carbocycles. The Labute approximate surface area is 171 Å². The lowest BCUT2D eigenvalue weighted by atomic mass is 9.94. The summed E-state index contributed by atoms with van der Waals surface area (Å²) in [6, 6.07) is 5.44. The molecule has 1 aromatic rings. The molecule has 0 spiro atoms. The van der Waals surface area contributed by atoms with Gasteiger partial charge in [-0.1, -0.05) is 0 Å². The zero-order valence-electron chi connectivity index (χ0n) is 16.1. The van der Waals surface area contributed by atoms with Crippen molar-refractivity contribution in [3.8, 4) is 11.5 Å². The van der Waals surface area contributed by atoms with Gasteiger partial charge in [0.2, 0.25) is 11.8 Å². The Morgan fingerprint density at radius 3 is 2.64 bits per heavy atom. The summed E-state index contributed by atoms with van der Waals surface area (Å²) in [6.07, 6.45) is 3.50. The SMILES string of the molecule is CC(N)C1CCCCN1C(=O)C1CCN(c2ccc3c(c2)OCCO3)C1=O.Cl. The number of amides is 2. The number of rotatable bonds is 3. The van der Waals surface area contributed by atoms with Gasteiger partial charge in [-0.2, -0.15) is 0 Å². The molecule has 28 heavy (non-hydrogen) atoms. The van der Waals surface area contributed by atoms with Crippen molar-refractivity contribution in [2.75, 3.05) is 31.2 Å². The highest BCUT2D eigenvalue weighted by molar-refractivity contribution is 6.09. The Morgan fingerprint density at radius 2 is 1.89 bits per heavy atom. The van der Waals surface area contributed by atoms with Crippen molar-refractivity contribution in [3.63, 3.8) is 0 Å². The smallest absolute Gasteiger partial charge is 0.239 e. The average Bonchev–Trinajstić information content (AvgIpc) is 3.08. The zero-order valence-corrected chi connectivity index (χ0v) is 17.0. The van der Waals surface area contributed by atoms with Crippen LogP contribution in [-0.4, -0.2) is 55.1 Å². The van der Waals surface area contributed by atoms with Gasteiger partial charge in [-0.3, -0.25) is 9.59 Å². The molecule has 2 saturated heterocycles. The van der Waals surface area contributed by atoms with Crippen LogP contribution >= 0.6 is 12.4 Å². The number of anilines is 1. The van der Waals surface area contributed by atoms with E-state index < -0.39 is 5.92 Å². The number of fused-ring (bicyclic) bond motifs is 1. The van der Waals surface area contributed by atoms with Crippen molar-refractivity contribution in [2.45, 2.75) is 44.7 Å². The summed E-state index contributed by atoms with van der Waals surface area (Å²) in [5.74, 6) is 0.525. The van der Waals surface area contributed by atoms with E-state index >= 15 is 0 Å². The summed E-state index contributed by atoms with van der Waals surface area (Å²) in [5.41, 5.74) is 6.85. The molecule has 2 N–H and O–H groups in total. The molecule has 3 heterocycles. The summed E-state index contributed by atoms with van der Waals surface area (Å²) in [7, 11) is 0. The van der Waals surface area contributed by atoms with Crippen molar-refractivity contribution in [3.05, 3.63) is 18.2 Å². The number of ether oxygens (including phenoxy) is 2. The molecule has 2 amide bonds. The number of halogens is 1. The van der Waals surface area contributed by atoms with E-state index in [1.165, 1.54) is 0 Å². The minimum Gasteiger partial charge on any atom is -0.486 e. The van der Waals surface area contributed by atoms with Crippen LogP contribution in [0.25, 0.3) is 0 Å². The van der Waals surface area contributed by atoms with Crippen LogP contribution in [0.4, 0.5) is 5.69 Å². The summed E-state index contributed by atoms with van der Waals surface area (Å²) in [4.78, 5) is 29.7. The van der Waals surface area contributed by atoms with Gasteiger partial charge in [-0.25, -0.2) is 0 Å². The van der Waals surface area contributed by atoms with E-state index in [1.807, 2.05) is 30.0 Å². The number of hydrogen-bond donors (Lipinski definition) is 1. The fourth-order valence-electron chi connectivity index (χ4n) is 4.34. The third-order valence-electron chi connectivity index (χ3n) is 5.78. The second kappa shape index (κ2) is 8.57. The zero-order chi connectivity index (χ0) is 19.0. The quantitative estimate of drug-likeness (QED) is 0.771. The molecule has 3 aliphatic heterocycles. The molecular weight excluding hydrogens is 382 g/mol. The normalized spacial score (nSPS) is 25.3. The lowest BCUT2D eigenvalue weighted by molar-refractivity contribution is -0.143. The Hall–Kier alpha value is -1.99. The number of nitrogens with two attached hydrogens (primary N) is 1. The van der Waals surface area contributed by atoms with Gasteiger partial charge in [-0.15, -0.1) is 12.4 Å². The largest absolute Gasteiger partial charge is 0.486 e. The highest BCUT2D eigenvalue weighted by Crippen LogP contribution is 2.36. The standard InChI is InChI=1S/C20H27N3O4.ClH/c1-13(21)16-4-2-3-8-23(16)20(25)15-7-9-22(19(15)24)14-5-6-17-18(12-14)27-11-10-26-17;/h5-6,12-13,15-16H,2-4,7-11,21H2,1H3;1H. The van der Waals surface area contributed by atoms with E-state index in [2.05, 4.69) is 0 Å². The second-order valence-corrected chi connectivity index (χ2v) is 7.61. The molecule has 2 fully saturated rings. The first-order chi connectivity index (χ1) is 13.1. The fraction of sp³-hybridized carbons (Fsp3) is 0.600. The van der Waals surface area contributed by atoms with E-state index in [9.17, 15) is 9.59 Å². The van der Waals surface area contributed by atoms with E-state index in [-0.39, 0.29) is 36.3 Å². The topological polar surface area (TPSA) is 85.1 Å². The number of piperidine rings is 1. The molecule has 3 atom stereocenters. The number of carbonyl (C=O) groups is 2. The van der Waals surface area contributed by atoms with Gasteiger partial charge in [0.1, 0.15) is 19.1 Å². The molecule has 0 bridgehead atoms. The maximum Gasteiger partial charge on any atom is 0.239 e. The summed E-state index contributed by atoms with van der Waals surface area (Å²) in [6.45, 7) is 4.19. The van der Waals surface area contributed by atoms with Crippen LogP contribution in [0.15, 0.2) is 18.2 Å². The van der Waals surface area contributed by atoms with Gasteiger partial charge < -0.3 is 25.0 Å². The number of carbonyl (C=O) groups excluding carboxylic acids is 2. The summed E-state index contributed by atoms with van der Waals surface area (Å²) >= 11 is 0. The fourth-order valence-corrected chi connectivity index (χ4v) is 4.34. The number of likely N-dealkylation sites (tertiary alicyclic amines) is 1. The van der Waals surface area contributed by atoms with Gasteiger partial charge in [0.05, 0.1) is 0 Å². The lowest BCUT2D eigenvalue weighted by Crippen LogP contribution is -2.54. The first-order valence-corrected chi connectivity index (χ1v) is 9.83. The molecule has 7 nitrogen and oxygen atoms in total. The Morgan fingerprint density at radius 1 is 1.14 bits per heavy atom. The van der Waals surface area contributed by atoms with E-state index in [4.69, 9.17) is 15.2 Å². The van der Waals surface area contributed by atoms with Gasteiger partial charge in [-0.05, 0) is 44.7 Å². The Balaban J connectivity index is 0.00000225. The molecule has 154 valence electrons. The lowest BCUT2D eigenvalue weighted by Gasteiger charge is -2.39. The van der Waals surface area contributed by atoms with Crippen LogP contribution in [0.2, 0.25) is 0 Å². The Bertz CT molecular complexity index is 742. The average molecular weight is 410 g/mol.